The van der Waals surface area contributed by atoms with E-state index in [1.165, 1.54) is 16.6 Å². The zero-order valence-electron chi connectivity index (χ0n) is 13.4. The molecule has 3 rings (SSSR count). The van der Waals surface area contributed by atoms with Crippen molar-refractivity contribution in [3.63, 3.8) is 0 Å². The van der Waals surface area contributed by atoms with E-state index >= 15 is 0 Å². The third-order valence-corrected chi connectivity index (χ3v) is 4.30. The summed E-state index contributed by atoms with van der Waals surface area (Å²) in [5.41, 5.74) is 11.1. The molecule has 0 spiro atoms. The van der Waals surface area contributed by atoms with Crippen LogP contribution in [0.4, 0.5) is 0 Å². The summed E-state index contributed by atoms with van der Waals surface area (Å²) in [5, 5.41) is 4.48. The van der Waals surface area contributed by atoms with Crippen LogP contribution in [0.3, 0.4) is 0 Å². The van der Waals surface area contributed by atoms with Crippen LogP contribution < -0.4 is 11.1 Å². The molecule has 1 unspecified atom stereocenters. The maximum atomic E-state index is 11.7. The fourth-order valence-corrected chi connectivity index (χ4v) is 2.87. The first-order chi connectivity index (χ1) is 11.1. The van der Waals surface area contributed by atoms with Gasteiger partial charge >= 0.3 is 0 Å². The summed E-state index contributed by atoms with van der Waals surface area (Å²) >= 11 is 0. The second-order valence-corrected chi connectivity index (χ2v) is 5.88. The first kappa shape index (κ1) is 15.3. The lowest BCUT2D eigenvalue weighted by molar-refractivity contribution is -0.120. The molecule has 1 heterocycles. The minimum atomic E-state index is -0.485. The molecule has 0 fully saturated rings. The molecule has 1 amide bonds. The van der Waals surface area contributed by atoms with Crippen molar-refractivity contribution in [1.82, 2.24) is 10.3 Å². The van der Waals surface area contributed by atoms with E-state index in [1.54, 1.807) is 0 Å². The number of aromatic amines is 1. The average molecular weight is 307 g/mol. The van der Waals surface area contributed by atoms with Crippen molar-refractivity contribution in [2.75, 3.05) is 0 Å². The van der Waals surface area contributed by atoms with E-state index in [2.05, 4.69) is 42.3 Å². The minimum Gasteiger partial charge on any atom is -0.368 e. The molecule has 0 saturated heterocycles. The normalized spacial score (nSPS) is 12.4. The third kappa shape index (κ3) is 3.12. The summed E-state index contributed by atoms with van der Waals surface area (Å²) < 4.78 is 0. The van der Waals surface area contributed by atoms with Gasteiger partial charge in [-0.15, -0.1) is 0 Å². The number of aromatic nitrogens is 1. The Morgan fingerprint density at radius 2 is 1.91 bits per heavy atom. The number of carbonyl (C=O) groups excluding carboxylic acids is 1. The topological polar surface area (TPSA) is 70.9 Å². The Labute approximate surface area is 135 Å². The van der Waals surface area contributed by atoms with Gasteiger partial charge in [-0.25, -0.2) is 0 Å². The Kier molecular flexibility index (Phi) is 4.17. The number of rotatable bonds is 5. The lowest BCUT2D eigenvalue weighted by Crippen LogP contribution is -2.33. The number of nitrogens with one attached hydrogen (secondary N) is 2. The van der Waals surface area contributed by atoms with Crippen LogP contribution in [-0.2, 0) is 11.3 Å². The van der Waals surface area contributed by atoms with Gasteiger partial charge in [0, 0.05) is 23.1 Å². The van der Waals surface area contributed by atoms with Crippen LogP contribution in [0.2, 0.25) is 0 Å². The fraction of sp³-hybridized carbons (Fsp3) is 0.211. The van der Waals surface area contributed by atoms with Gasteiger partial charge in [0.05, 0.1) is 0 Å². The number of benzene rings is 2. The van der Waals surface area contributed by atoms with Crippen LogP contribution in [0.15, 0.2) is 48.5 Å². The van der Waals surface area contributed by atoms with Crippen LogP contribution >= 0.6 is 0 Å². The SMILES string of the molecule is Cc1[nH]c2ccc(CNC(C(N)=O)c3ccccc3)cc2c1C. The highest BCUT2D eigenvalue weighted by Gasteiger charge is 2.16. The van der Waals surface area contributed by atoms with Gasteiger partial charge in [-0.2, -0.15) is 0 Å². The minimum absolute atomic E-state index is 0.369. The van der Waals surface area contributed by atoms with Gasteiger partial charge in [0.15, 0.2) is 0 Å². The van der Waals surface area contributed by atoms with E-state index in [9.17, 15) is 4.79 Å². The Hall–Kier alpha value is -2.59. The third-order valence-electron chi connectivity index (χ3n) is 4.30. The molecule has 4 N–H and O–H groups in total. The summed E-state index contributed by atoms with van der Waals surface area (Å²) in [5.74, 6) is -0.369. The van der Waals surface area contributed by atoms with Crippen LogP contribution in [0.5, 0.6) is 0 Å². The quantitative estimate of drug-likeness (QED) is 0.678. The van der Waals surface area contributed by atoms with E-state index in [1.807, 2.05) is 30.3 Å². The van der Waals surface area contributed by atoms with Gasteiger partial charge in [-0.3, -0.25) is 10.1 Å². The Morgan fingerprint density at radius 1 is 1.17 bits per heavy atom. The lowest BCUT2D eigenvalue weighted by atomic mass is 10.1. The van der Waals surface area contributed by atoms with Gasteiger partial charge < -0.3 is 10.7 Å². The highest BCUT2D eigenvalue weighted by Crippen LogP contribution is 2.23. The second kappa shape index (κ2) is 6.26. The molecule has 3 aromatic rings. The molecule has 0 radical (unpaired) electrons. The summed E-state index contributed by atoms with van der Waals surface area (Å²) in [6.07, 6.45) is 0. The Bertz CT molecular complexity index is 836. The lowest BCUT2D eigenvalue weighted by Gasteiger charge is -2.16. The number of nitrogens with two attached hydrogens (primary N) is 1. The molecule has 0 saturated carbocycles. The molecular weight excluding hydrogens is 286 g/mol. The van der Waals surface area contributed by atoms with E-state index in [0.717, 1.165) is 16.6 Å². The van der Waals surface area contributed by atoms with Crippen LogP contribution in [0, 0.1) is 13.8 Å². The molecule has 23 heavy (non-hydrogen) atoms. The number of hydrogen-bond acceptors (Lipinski definition) is 2. The first-order valence-corrected chi connectivity index (χ1v) is 7.71. The molecular formula is C19H21N3O. The number of primary amides is 1. The molecule has 0 aliphatic carbocycles. The first-order valence-electron chi connectivity index (χ1n) is 7.71. The molecule has 0 aliphatic rings. The van der Waals surface area contributed by atoms with E-state index in [-0.39, 0.29) is 5.91 Å². The highest BCUT2D eigenvalue weighted by molar-refractivity contribution is 5.85. The van der Waals surface area contributed by atoms with Crippen molar-refractivity contribution < 1.29 is 4.79 Å². The van der Waals surface area contributed by atoms with Crippen molar-refractivity contribution >= 4 is 16.8 Å². The monoisotopic (exact) mass is 307 g/mol. The summed E-state index contributed by atoms with van der Waals surface area (Å²) in [4.78, 5) is 15.1. The molecule has 0 aliphatic heterocycles. The van der Waals surface area contributed by atoms with Crippen molar-refractivity contribution in [3.8, 4) is 0 Å². The Balaban J connectivity index is 1.81. The molecule has 1 aromatic heterocycles. The van der Waals surface area contributed by atoms with Gasteiger partial charge in [0.1, 0.15) is 6.04 Å². The largest absolute Gasteiger partial charge is 0.368 e. The zero-order valence-corrected chi connectivity index (χ0v) is 13.4. The molecule has 1 atom stereocenters. The standard InChI is InChI=1S/C19H21N3O/c1-12-13(2)22-17-9-8-14(10-16(12)17)11-21-18(19(20)23)15-6-4-3-5-7-15/h3-10,18,21-22H,11H2,1-2H3,(H2,20,23). The van der Waals surface area contributed by atoms with Gasteiger partial charge in [-0.1, -0.05) is 36.4 Å². The second-order valence-electron chi connectivity index (χ2n) is 5.88. The van der Waals surface area contributed by atoms with E-state index in [4.69, 9.17) is 5.73 Å². The van der Waals surface area contributed by atoms with Crippen molar-refractivity contribution in [2.24, 2.45) is 5.73 Å². The predicted molar refractivity (Wildman–Crippen MR) is 93.0 cm³/mol. The number of carbonyl (C=O) groups is 1. The zero-order chi connectivity index (χ0) is 16.4. The number of H-pyrrole nitrogens is 1. The molecule has 4 nitrogen and oxygen atoms in total. The fourth-order valence-electron chi connectivity index (χ4n) is 2.87. The van der Waals surface area contributed by atoms with Crippen molar-refractivity contribution in [2.45, 2.75) is 26.4 Å². The van der Waals surface area contributed by atoms with Gasteiger partial charge in [-0.05, 0) is 42.7 Å². The highest BCUT2D eigenvalue weighted by atomic mass is 16.1. The smallest absolute Gasteiger partial charge is 0.239 e. The number of aryl methyl sites for hydroxylation is 2. The molecule has 118 valence electrons. The maximum Gasteiger partial charge on any atom is 0.239 e. The Morgan fingerprint density at radius 3 is 2.61 bits per heavy atom. The summed E-state index contributed by atoms with van der Waals surface area (Å²) in [6.45, 7) is 4.77. The predicted octanol–water partition coefficient (Wildman–Crippen LogP) is 3.10. The molecule has 2 aromatic carbocycles. The number of amides is 1. The van der Waals surface area contributed by atoms with Crippen LogP contribution in [-0.4, -0.2) is 10.9 Å². The van der Waals surface area contributed by atoms with Gasteiger partial charge in [0.25, 0.3) is 0 Å². The maximum absolute atomic E-state index is 11.7. The molecule has 4 heteroatoms. The van der Waals surface area contributed by atoms with E-state index < -0.39 is 6.04 Å². The van der Waals surface area contributed by atoms with Crippen LogP contribution in [0.1, 0.15) is 28.4 Å². The van der Waals surface area contributed by atoms with Gasteiger partial charge in [0.2, 0.25) is 5.91 Å². The summed E-state index contributed by atoms with van der Waals surface area (Å²) in [7, 11) is 0. The number of hydrogen-bond donors (Lipinski definition) is 3. The van der Waals surface area contributed by atoms with Crippen molar-refractivity contribution in [3.05, 3.63) is 70.9 Å². The summed E-state index contributed by atoms with van der Waals surface area (Å²) in [6, 6.07) is 15.4. The average Bonchev–Trinajstić information content (AvgIpc) is 2.83. The number of fused-ring (bicyclic) bond motifs is 1. The van der Waals surface area contributed by atoms with Crippen LogP contribution in [0.25, 0.3) is 10.9 Å². The van der Waals surface area contributed by atoms with Crippen molar-refractivity contribution in [1.29, 1.82) is 0 Å². The molecule has 0 bridgehead atoms. The van der Waals surface area contributed by atoms with E-state index in [0.29, 0.717) is 6.54 Å².